The van der Waals surface area contributed by atoms with E-state index in [1.165, 1.54) is 17.4 Å². The SMILES string of the molecule is Fc1ccc(-c2csc(Br)n2)cc1Cl. The van der Waals surface area contributed by atoms with Gasteiger partial charge in [-0.05, 0) is 34.1 Å². The average molecular weight is 293 g/mol. The highest BCUT2D eigenvalue weighted by molar-refractivity contribution is 9.11. The number of halogens is 3. The molecule has 0 spiro atoms. The maximum absolute atomic E-state index is 12.9. The summed E-state index contributed by atoms with van der Waals surface area (Å²) >= 11 is 10.4. The maximum Gasteiger partial charge on any atom is 0.159 e. The first-order valence-electron chi connectivity index (χ1n) is 3.73. The van der Waals surface area contributed by atoms with E-state index < -0.39 is 5.82 Å². The fraction of sp³-hybridized carbons (Fsp3) is 0. The van der Waals surface area contributed by atoms with E-state index in [4.69, 9.17) is 11.6 Å². The highest BCUT2D eigenvalue weighted by Crippen LogP contribution is 2.27. The molecule has 0 saturated carbocycles. The van der Waals surface area contributed by atoms with Crippen LogP contribution < -0.4 is 0 Å². The van der Waals surface area contributed by atoms with Crippen molar-refractivity contribution in [2.75, 3.05) is 0 Å². The molecule has 1 aromatic heterocycles. The highest BCUT2D eigenvalue weighted by atomic mass is 79.9. The minimum Gasteiger partial charge on any atom is -0.229 e. The molecule has 1 nitrogen and oxygen atoms in total. The van der Waals surface area contributed by atoms with Gasteiger partial charge in [-0.15, -0.1) is 11.3 Å². The molecule has 0 amide bonds. The van der Waals surface area contributed by atoms with Gasteiger partial charge in [-0.3, -0.25) is 0 Å². The van der Waals surface area contributed by atoms with Gasteiger partial charge in [0.15, 0.2) is 3.92 Å². The summed E-state index contributed by atoms with van der Waals surface area (Å²) in [6.07, 6.45) is 0. The highest BCUT2D eigenvalue weighted by Gasteiger charge is 2.05. The second-order valence-electron chi connectivity index (χ2n) is 2.61. The van der Waals surface area contributed by atoms with Crippen molar-refractivity contribution in [2.45, 2.75) is 0 Å². The zero-order chi connectivity index (χ0) is 10.1. The molecule has 0 unspecified atom stereocenters. The van der Waals surface area contributed by atoms with Crippen LogP contribution in [-0.2, 0) is 0 Å². The topological polar surface area (TPSA) is 12.9 Å². The van der Waals surface area contributed by atoms with E-state index in [-0.39, 0.29) is 5.02 Å². The first kappa shape index (κ1) is 10.1. The molecule has 0 saturated heterocycles. The standard InChI is InChI=1S/C9H4BrClFNS/c10-9-13-8(4-14-9)5-1-2-7(12)6(11)3-5/h1-4H. The smallest absolute Gasteiger partial charge is 0.159 e. The Labute approximate surface area is 97.7 Å². The minimum absolute atomic E-state index is 0.117. The summed E-state index contributed by atoms with van der Waals surface area (Å²) in [5.41, 5.74) is 1.61. The van der Waals surface area contributed by atoms with Gasteiger partial charge in [0.1, 0.15) is 5.82 Å². The molecule has 0 atom stereocenters. The summed E-state index contributed by atoms with van der Waals surface area (Å²) in [5, 5.41) is 2.00. The molecule has 0 aliphatic carbocycles. The van der Waals surface area contributed by atoms with Crippen molar-refractivity contribution in [1.82, 2.24) is 4.98 Å². The van der Waals surface area contributed by atoms with Gasteiger partial charge in [-0.2, -0.15) is 0 Å². The molecule has 0 bridgehead atoms. The van der Waals surface area contributed by atoms with Crippen LogP contribution in [0.3, 0.4) is 0 Å². The van der Waals surface area contributed by atoms with Gasteiger partial charge in [0, 0.05) is 10.9 Å². The van der Waals surface area contributed by atoms with E-state index in [1.807, 2.05) is 5.38 Å². The summed E-state index contributed by atoms with van der Waals surface area (Å²) in [6, 6.07) is 4.56. The van der Waals surface area contributed by atoms with Gasteiger partial charge in [-0.1, -0.05) is 11.6 Å². The third-order valence-electron chi connectivity index (χ3n) is 1.69. The quantitative estimate of drug-likeness (QED) is 0.761. The number of rotatable bonds is 1. The third kappa shape index (κ3) is 1.97. The number of thiazole rings is 1. The lowest BCUT2D eigenvalue weighted by Crippen LogP contribution is -1.80. The Bertz CT molecular complexity index is 472. The number of benzene rings is 1. The summed E-state index contributed by atoms with van der Waals surface area (Å²) in [5.74, 6) is -0.412. The molecule has 1 heterocycles. The Hall–Kier alpha value is -0.450. The molecule has 2 rings (SSSR count). The Kier molecular flexibility index (Phi) is 2.85. The predicted molar refractivity (Wildman–Crippen MR) is 60.2 cm³/mol. The van der Waals surface area contributed by atoms with Crippen LogP contribution in [0.4, 0.5) is 4.39 Å². The van der Waals surface area contributed by atoms with Crippen LogP contribution in [0.15, 0.2) is 27.5 Å². The Morgan fingerprint density at radius 1 is 1.43 bits per heavy atom. The average Bonchev–Trinajstić information content (AvgIpc) is 2.57. The van der Waals surface area contributed by atoms with Crippen molar-refractivity contribution in [3.05, 3.63) is 38.3 Å². The van der Waals surface area contributed by atoms with Crippen LogP contribution in [0.1, 0.15) is 0 Å². The van der Waals surface area contributed by atoms with Crippen LogP contribution in [0, 0.1) is 5.82 Å². The van der Waals surface area contributed by atoms with Crippen LogP contribution in [-0.4, -0.2) is 4.98 Å². The number of hydrogen-bond donors (Lipinski definition) is 0. The zero-order valence-electron chi connectivity index (χ0n) is 6.80. The summed E-state index contributed by atoms with van der Waals surface area (Å²) in [4.78, 5) is 4.21. The van der Waals surface area contributed by atoms with Crippen LogP contribution in [0.5, 0.6) is 0 Å². The molecule has 72 valence electrons. The first-order valence-corrected chi connectivity index (χ1v) is 5.78. The van der Waals surface area contributed by atoms with Gasteiger partial charge >= 0.3 is 0 Å². The van der Waals surface area contributed by atoms with E-state index in [9.17, 15) is 4.39 Å². The van der Waals surface area contributed by atoms with Crippen molar-refractivity contribution >= 4 is 38.9 Å². The molecule has 14 heavy (non-hydrogen) atoms. The number of aromatic nitrogens is 1. The number of nitrogens with zero attached hydrogens (tertiary/aromatic N) is 1. The van der Waals surface area contributed by atoms with E-state index in [0.29, 0.717) is 0 Å². The molecule has 0 radical (unpaired) electrons. The molecule has 2 aromatic rings. The van der Waals surface area contributed by atoms with E-state index >= 15 is 0 Å². The number of hydrogen-bond acceptors (Lipinski definition) is 2. The summed E-state index contributed by atoms with van der Waals surface area (Å²) in [7, 11) is 0. The van der Waals surface area contributed by atoms with Gasteiger partial charge in [-0.25, -0.2) is 9.37 Å². The van der Waals surface area contributed by atoms with E-state index in [1.54, 1.807) is 12.1 Å². The van der Waals surface area contributed by atoms with Gasteiger partial charge < -0.3 is 0 Å². The lowest BCUT2D eigenvalue weighted by Gasteiger charge is -1.98. The fourth-order valence-corrected chi connectivity index (χ4v) is 2.24. The van der Waals surface area contributed by atoms with E-state index in [2.05, 4.69) is 20.9 Å². The van der Waals surface area contributed by atoms with Crippen LogP contribution in [0.2, 0.25) is 5.02 Å². The van der Waals surface area contributed by atoms with Crippen LogP contribution >= 0.6 is 38.9 Å². The third-order valence-corrected chi connectivity index (χ3v) is 3.35. The monoisotopic (exact) mass is 291 g/mol. The van der Waals surface area contributed by atoms with Gasteiger partial charge in [0.2, 0.25) is 0 Å². The molecule has 0 aliphatic rings. The second-order valence-corrected chi connectivity index (χ2v) is 5.16. The Balaban J connectivity index is 2.47. The lowest BCUT2D eigenvalue weighted by atomic mass is 10.2. The Morgan fingerprint density at radius 2 is 2.21 bits per heavy atom. The zero-order valence-corrected chi connectivity index (χ0v) is 9.96. The summed E-state index contributed by atoms with van der Waals surface area (Å²) in [6.45, 7) is 0. The minimum atomic E-state index is -0.412. The maximum atomic E-state index is 12.9. The lowest BCUT2D eigenvalue weighted by molar-refractivity contribution is 0.628. The van der Waals surface area contributed by atoms with Crippen molar-refractivity contribution in [1.29, 1.82) is 0 Å². The van der Waals surface area contributed by atoms with Crippen molar-refractivity contribution in [3.8, 4) is 11.3 Å². The van der Waals surface area contributed by atoms with Gasteiger partial charge in [0.05, 0.1) is 10.7 Å². The largest absolute Gasteiger partial charge is 0.229 e. The van der Waals surface area contributed by atoms with Crippen molar-refractivity contribution in [3.63, 3.8) is 0 Å². The second kappa shape index (κ2) is 3.96. The predicted octanol–water partition coefficient (Wildman–Crippen LogP) is 4.37. The normalized spacial score (nSPS) is 10.5. The van der Waals surface area contributed by atoms with Crippen molar-refractivity contribution < 1.29 is 4.39 Å². The molecule has 0 fully saturated rings. The van der Waals surface area contributed by atoms with Crippen molar-refractivity contribution in [2.24, 2.45) is 0 Å². The van der Waals surface area contributed by atoms with Crippen LogP contribution in [0.25, 0.3) is 11.3 Å². The fourth-order valence-electron chi connectivity index (χ4n) is 1.04. The molecule has 1 aromatic carbocycles. The first-order chi connectivity index (χ1) is 6.66. The van der Waals surface area contributed by atoms with E-state index in [0.717, 1.165) is 15.2 Å². The summed E-state index contributed by atoms with van der Waals surface area (Å²) < 4.78 is 13.7. The molecular formula is C9H4BrClFNS. The molecule has 0 aliphatic heterocycles. The molecule has 0 N–H and O–H groups in total. The Morgan fingerprint density at radius 3 is 2.79 bits per heavy atom. The molecule has 5 heteroatoms. The van der Waals surface area contributed by atoms with Gasteiger partial charge in [0.25, 0.3) is 0 Å². The molecular weight excluding hydrogens is 289 g/mol.